The maximum atomic E-state index is 13.2. The SMILES string of the molecule is N#C[C@]1(COc2ccc(OP3(=O)CC3(N)C(=O)OC3CCC(N)CC3)cc2)O[C@@H](c2ccc3c(N)ncnn23)[C@H](O)[C@@H]1O. The number of nitrogens with zero attached hydrogens (tertiary/aromatic N) is 4. The lowest BCUT2D eigenvalue weighted by Gasteiger charge is -2.26. The molecule has 2 aliphatic heterocycles. The Morgan fingerprint density at radius 2 is 1.86 bits per heavy atom. The number of anilines is 1. The summed E-state index contributed by atoms with van der Waals surface area (Å²) in [7, 11) is -3.53. The van der Waals surface area contributed by atoms with Gasteiger partial charge in [-0.05, 0) is 62.1 Å². The molecule has 4 heterocycles. The van der Waals surface area contributed by atoms with Crippen molar-refractivity contribution in [1.29, 1.82) is 5.26 Å². The van der Waals surface area contributed by atoms with Crippen LogP contribution in [0.15, 0.2) is 42.7 Å². The lowest BCUT2D eigenvalue weighted by atomic mass is 9.94. The van der Waals surface area contributed by atoms with E-state index in [0.717, 1.165) is 12.8 Å². The van der Waals surface area contributed by atoms with E-state index >= 15 is 0 Å². The molecule has 1 saturated carbocycles. The smallest absolute Gasteiger partial charge is 0.338 e. The summed E-state index contributed by atoms with van der Waals surface area (Å²) in [5, 5.41) is 34.0. The Balaban J connectivity index is 1.08. The first kappa shape index (κ1) is 29.3. The van der Waals surface area contributed by atoms with Gasteiger partial charge in [-0.1, -0.05) is 0 Å². The van der Waals surface area contributed by atoms with Gasteiger partial charge in [0.2, 0.25) is 10.9 Å². The van der Waals surface area contributed by atoms with Crippen LogP contribution in [0.2, 0.25) is 0 Å². The third kappa shape index (κ3) is 5.10. The van der Waals surface area contributed by atoms with Crippen molar-refractivity contribution in [3.8, 4) is 17.6 Å². The molecule has 8 N–H and O–H groups in total. The first-order chi connectivity index (χ1) is 20.5. The van der Waals surface area contributed by atoms with Crippen molar-refractivity contribution in [2.75, 3.05) is 18.5 Å². The molecular formula is C27H32N7O8P. The van der Waals surface area contributed by atoms with Crippen LogP contribution in [0.3, 0.4) is 0 Å². The highest BCUT2D eigenvalue weighted by Crippen LogP contribution is 2.73. The fraction of sp³-hybridized carbons (Fsp3) is 0.481. The summed E-state index contributed by atoms with van der Waals surface area (Å²) in [6, 6.07) is 11.2. The van der Waals surface area contributed by atoms with Crippen LogP contribution < -0.4 is 26.5 Å². The predicted octanol–water partition coefficient (Wildman–Crippen LogP) is 0.585. The molecule has 228 valence electrons. The number of ether oxygens (including phenoxy) is 3. The molecule has 0 radical (unpaired) electrons. The van der Waals surface area contributed by atoms with E-state index in [4.69, 9.17) is 35.9 Å². The van der Waals surface area contributed by atoms with Gasteiger partial charge in [-0.15, -0.1) is 0 Å². The minimum Gasteiger partial charge on any atom is -0.489 e. The van der Waals surface area contributed by atoms with Crippen LogP contribution in [0.25, 0.3) is 5.52 Å². The van der Waals surface area contributed by atoms with E-state index in [1.54, 1.807) is 12.1 Å². The Kier molecular flexibility index (Phi) is 7.32. The fourth-order valence-electron chi connectivity index (χ4n) is 5.49. The number of aliphatic hydroxyl groups excluding tert-OH is 2. The van der Waals surface area contributed by atoms with Crippen molar-refractivity contribution in [3.63, 3.8) is 0 Å². The summed E-state index contributed by atoms with van der Waals surface area (Å²) in [4.78, 5) is 16.6. The molecule has 1 aliphatic carbocycles. The fourth-order valence-corrected chi connectivity index (χ4v) is 7.55. The zero-order valence-electron chi connectivity index (χ0n) is 23.0. The van der Waals surface area contributed by atoms with E-state index in [9.17, 15) is 24.8 Å². The number of hydrogen-bond donors (Lipinski definition) is 5. The van der Waals surface area contributed by atoms with E-state index in [1.807, 2.05) is 6.07 Å². The van der Waals surface area contributed by atoms with Crippen molar-refractivity contribution in [2.45, 2.75) is 67.0 Å². The van der Waals surface area contributed by atoms with Gasteiger partial charge in [0.05, 0.1) is 11.9 Å². The van der Waals surface area contributed by atoms with E-state index < -0.39 is 49.1 Å². The first-order valence-electron chi connectivity index (χ1n) is 13.8. The quantitative estimate of drug-likeness (QED) is 0.172. The lowest BCUT2D eigenvalue weighted by Crippen LogP contribution is -2.46. The number of carbonyl (C=O) groups excluding carboxylic acids is 1. The zero-order valence-corrected chi connectivity index (χ0v) is 23.9. The molecule has 0 bridgehead atoms. The van der Waals surface area contributed by atoms with Crippen molar-refractivity contribution >= 4 is 24.7 Å². The van der Waals surface area contributed by atoms with E-state index in [0.29, 0.717) is 24.1 Å². The lowest BCUT2D eigenvalue weighted by molar-refractivity contribution is -0.152. The largest absolute Gasteiger partial charge is 0.489 e. The van der Waals surface area contributed by atoms with Crippen molar-refractivity contribution < 1.29 is 38.3 Å². The Morgan fingerprint density at radius 1 is 1.16 bits per heavy atom. The normalized spacial score (nSPS) is 35.3. The van der Waals surface area contributed by atoms with Gasteiger partial charge in [-0.25, -0.2) is 14.3 Å². The molecule has 15 nitrogen and oxygen atoms in total. The van der Waals surface area contributed by atoms with Gasteiger partial charge in [-0.3, -0.25) is 4.57 Å². The molecule has 3 aliphatic rings. The van der Waals surface area contributed by atoms with Gasteiger partial charge in [0.15, 0.2) is 5.82 Å². The maximum absolute atomic E-state index is 13.2. The second kappa shape index (κ2) is 10.7. The van der Waals surface area contributed by atoms with Crippen LogP contribution in [0.4, 0.5) is 5.82 Å². The van der Waals surface area contributed by atoms with Crippen LogP contribution in [-0.2, 0) is 18.8 Å². The monoisotopic (exact) mass is 613 g/mol. The number of hydrogen-bond acceptors (Lipinski definition) is 14. The van der Waals surface area contributed by atoms with Gasteiger partial charge < -0.3 is 46.1 Å². The minimum absolute atomic E-state index is 0.0928. The highest BCUT2D eigenvalue weighted by molar-refractivity contribution is 7.70. The second-order valence-electron chi connectivity index (χ2n) is 11.2. The molecule has 6 atom stereocenters. The topological polar surface area (TPSA) is 244 Å². The van der Waals surface area contributed by atoms with E-state index in [1.165, 1.54) is 35.1 Å². The molecule has 2 saturated heterocycles. The third-order valence-electron chi connectivity index (χ3n) is 8.27. The Bertz CT molecular complexity index is 1620. The van der Waals surface area contributed by atoms with Crippen molar-refractivity contribution in [3.05, 3.63) is 48.4 Å². The third-order valence-corrected chi connectivity index (χ3v) is 10.9. The maximum Gasteiger partial charge on any atom is 0.338 e. The Morgan fingerprint density at radius 3 is 2.56 bits per heavy atom. The Hall–Kier alpha value is -3.77. The highest BCUT2D eigenvalue weighted by atomic mass is 31.2. The second-order valence-corrected chi connectivity index (χ2v) is 13.9. The van der Waals surface area contributed by atoms with Crippen LogP contribution in [0.1, 0.15) is 37.5 Å². The van der Waals surface area contributed by atoms with Gasteiger partial charge in [0.25, 0.3) is 7.37 Å². The molecule has 16 heteroatoms. The number of esters is 1. The van der Waals surface area contributed by atoms with Crippen LogP contribution >= 0.6 is 7.37 Å². The van der Waals surface area contributed by atoms with Crippen molar-refractivity contribution in [1.82, 2.24) is 14.6 Å². The van der Waals surface area contributed by atoms with Crippen LogP contribution in [-0.4, -0.2) is 78.8 Å². The average molecular weight is 614 g/mol. The number of fused-ring (bicyclic) bond motifs is 1. The van der Waals surface area contributed by atoms with Gasteiger partial charge in [0, 0.05) is 6.04 Å². The van der Waals surface area contributed by atoms with Gasteiger partial charge in [0.1, 0.15) is 60.4 Å². The molecule has 2 unspecified atom stereocenters. The number of benzene rings is 1. The number of rotatable bonds is 8. The molecule has 3 fully saturated rings. The molecule has 2 aromatic heterocycles. The van der Waals surface area contributed by atoms with Gasteiger partial charge >= 0.3 is 5.97 Å². The molecule has 6 rings (SSSR count). The van der Waals surface area contributed by atoms with Gasteiger partial charge in [-0.2, -0.15) is 10.4 Å². The summed E-state index contributed by atoms with van der Waals surface area (Å²) < 4.78 is 37.4. The van der Waals surface area contributed by atoms with Crippen LogP contribution in [0.5, 0.6) is 11.5 Å². The van der Waals surface area contributed by atoms with E-state index in [2.05, 4.69) is 10.1 Å². The zero-order chi connectivity index (χ0) is 30.6. The summed E-state index contributed by atoms with van der Waals surface area (Å²) in [6.07, 6.45) is -0.627. The summed E-state index contributed by atoms with van der Waals surface area (Å²) in [6.45, 7) is -0.429. The predicted molar refractivity (Wildman–Crippen MR) is 150 cm³/mol. The standard InChI is InChI=1S/C27H32N7O8P/c28-11-26(23(36)21(35)22(41-26)19-9-10-20-24(30)32-14-33-34(19)20)12-39-16-5-7-18(8-6-16)42-43(38)13-27(43,31)25(37)40-17-3-1-15(29)2-4-17/h5-10,14-15,17,21-23,35-36H,1-4,12-13,29,31H2,(H2,30,32,33)/t15?,17?,21-,22-,23-,26+,27?,43?/m0/s1. The summed E-state index contributed by atoms with van der Waals surface area (Å²) >= 11 is 0. The van der Waals surface area contributed by atoms with Crippen molar-refractivity contribution in [2.24, 2.45) is 11.5 Å². The first-order valence-corrected chi connectivity index (χ1v) is 15.6. The number of carbonyl (C=O) groups is 1. The number of nitriles is 1. The molecule has 0 spiro atoms. The van der Waals surface area contributed by atoms with E-state index in [-0.39, 0.29) is 35.6 Å². The molecule has 3 aromatic rings. The number of nitrogens with two attached hydrogens (primary N) is 3. The number of aliphatic hydroxyl groups is 2. The summed E-state index contributed by atoms with van der Waals surface area (Å²) in [5.74, 6) is -0.0565. The Labute approximate surface area is 245 Å². The van der Waals surface area contributed by atoms with Crippen LogP contribution in [0, 0.1) is 11.3 Å². The average Bonchev–Trinajstić information content (AvgIpc) is 3.24. The molecule has 0 amide bonds. The molecular weight excluding hydrogens is 581 g/mol. The minimum atomic E-state index is -3.53. The number of aromatic nitrogens is 3. The molecule has 43 heavy (non-hydrogen) atoms. The highest BCUT2D eigenvalue weighted by Gasteiger charge is 2.73. The summed E-state index contributed by atoms with van der Waals surface area (Å²) in [5.41, 5.74) is 16.8. The molecule has 1 aromatic carbocycles. The number of nitrogen functional groups attached to an aromatic ring is 1.